The van der Waals surface area contributed by atoms with E-state index in [-0.39, 0.29) is 16.8 Å². The molecule has 104 valence electrons. The molecule has 1 fully saturated rings. The van der Waals surface area contributed by atoms with E-state index < -0.39 is 23.1 Å². The first-order chi connectivity index (χ1) is 9.46. The number of nitrogens with two attached hydrogens (primary N) is 1. The fourth-order valence-electron chi connectivity index (χ4n) is 2.77. The van der Waals surface area contributed by atoms with Gasteiger partial charge in [0, 0.05) is 12.2 Å². The van der Waals surface area contributed by atoms with Crippen LogP contribution in [0.1, 0.15) is 34.1 Å². The van der Waals surface area contributed by atoms with Crippen molar-refractivity contribution in [2.24, 2.45) is 5.41 Å². The topological polar surface area (TPSA) is 92.5 Å². The Kier molecular flexibility index (Phi) is 2.65. The maximum atomic E-state index is 12.6. The molecule has 2 heterocycles. The van der Waals surface area contributed by atoms with E-state index >= 15 is 0 Å². The van der Waals surface area contributed by atoms with Crippen LogP contribution in [0.3, 0.4) is 0 Å². The summed E-state index contributed by atoms with van der Waals surface area (Å²) in [5, 5.41) is 3.08. The predicted octanol–water partition coefficient (Wildman–Crippen LogP) is 0.391. The normalized spacial score (nSPS) is 25.1. The molecule has 0 aliphatic carbocycles. The molecular formula is C14H15N3O3. The third-order valence-electron chi connectivity index (χ3n) is 4.04. The van der Waals surface area contributed by atoms with Gasteiger partial charge in [-0.2, -0.15) is 0 Å². The number of nitrogens with zero attached hydrogens (tertiary/aromatic N) is 1. The highest BCUT2D eigenvalue weighted by Crippen LogP contribution is 2.33. The Morgan fingerprint density at radius 2 is 2.10 bits per heavy atom. The van der Waals surface area contributed by atoms with Crippen LogP contribution in [0.2, 0.25) is 0 Å². The molecule has 20 heavy (non-hydrogen) atoms. The van der Waals surface area contributed by atoms with Gasteiger partial charge in [-0.05, 0) is 32.0 Å². The summed E-state index contributed by atoms with van der Waals surface area (Å²) < 4.78 is 0. The van der Waals surface area contributed by atoms with Gasteiger partial charge < -0.3 is 11.1 Å². The van der Waals surface area contributed by atoms with Crippen LogP contribution in [0.15, 0.2) is 18.2 Å². The molecule has 0 saturated carbocycles. The Hall–Kier alpha value is -2.21. The molecular weight excluding hydrogens is 258 g/mol. The Morgan fingerprint density at radius 3 is 2.70 bits per heavy atom. The number of hydrogen-bond acceptors (Lipinski definition) is 5. The summed E-state index contributed by atoms with van der Waals surface area (Å²) in [7, 11) is 0. The second-order valence-corrected chi connectivity index (χ2v) is 5.51. The lowest BCUT2D eigenvalue weighted by Gasteiger charge is -2.25. The molecule has 0 aromatic heterocycles. The van der Waals surface area contributed by atoms with Gasteiger partial charge in [0.2, 0.25) is 5.91 Å². The zero-order chi connectivity index (χ0) is 14.5. The Labute approximate surface area is 115 Å². The third-order valence-corrected chi connectivity index (χ3v) is 4.04. The van der Waals surface area contributed by atoms with Gasteiger partial charge in [-0.15, -0.1) is 0 Å². The van der Waals surface area contributed by atoms with E-state index in [4.69, 9.17) is 5.73 Å². The maximum absolute atomic E-state index is 12.6. The average Bonchev–Trinajstić information content (AvgIpc) is 2.95. The number of imide groups is 3. The quantitative estimate of drug-likeness (QED) is 0.570. The summed E-state index contributed by atoms with van der Waals surface area (Å²) in [5.74, 6) is -1.63. The molecule has 1 atom stereocenters. The van der Waals surface area contributed by atoms with Gasteiger partial charge in [-0.3, -0.25) is 14.4 Å². The zero-order valence-electron chi connectivity index (χ0n) is 11.1. The van der Waals surface area contributed by atoms with Gasteiger partial charge >= 0.3 is 0 Å². The van der Waals surface area contributed by atoms with Crippen molar-refractivity contribution in [3.05, 3.63) is 29.3 Å². The molecule has 6 nitrogen and oxygen atoms in total. The van der Waals surface area contributed by atoms with Crippen molar-refractivity contribution >= 4 is 23.4 Å². The lowest BCUT2D eigenvalue weighted by Crippen LogP contribution is -2.46. The minimum Gasteiger partial charge on any atom is -0.398 e. The zero-order valence-corrected chi connectivity index (χ0v) is 11.1. The van der Waals surface area contributed by atoms with E-state index in [0.717, 1.165) is 4.90 Å². The number of anilines is 1. The van der Waals surface area contributed by atoms with E-state index in [2.05, 4.69) is 5.32 Å². The number of benzene rings is 1. The average molecular weight is 273 g/mol. The van der Waals surface area contributed by atoms with Crippen LogP contribution >= 0.6 is 0 Å². The molecule has 6 heteroatoms. The molecule has 1 saturated heterocycles. The SMILES string of the molecule is CC1(C(=O)N2C(=O)c3cccc(N)c3C2=O)CCNC1. The van der Waals surface area contributed by atoms with Crippen molar-refractivity contribution in [2.45, 2.75) is 13.3 Å². The minimum atomic E-state index is -0.720. The van der Waals surface area contributed by atoms with Crippen LogP contribution in [0.25, 0.3) is 0 Å². The van der Waals surface area contributed by atoms with Crippen LogP contribution in [0, 0.1) is 5.41 Å². The Morgan fingerprint density at radius 1 is 1.35 bits per heavy atom. The number of nitrogens with one attached hydrogen (secondary N) is 1. The van der Waals surface area contributed by atoms with Crippen LogP contribution in [-0.2, 0) is 4.79 Å². The van der Waals surface area contributed by atoms with Gasteiger partial charge in [0.25, 0.3) is 11.8 Å². The van der Waals surface area contributed by atoms with E-state index in [1.54, 1.807) is 19.1 Å². The van der Waals surface area contributed by atoms with Gasteiger partial charge in [-0.25, -0.2) is 4.90 Å². The monoisotopic (exact) mass is 273 g/mol. The van der Waals surface area contributed by atoms with Crippen molar-refractivity contribution < 1.29 is 14.4 Å². The third kappa shape index (κ3) is 1.58. The van der Waals surface area contributed by atoms with E-state index in [9.17, 15) is 14.4 Å². The maximum Gasteiger partial charge on any atom is 0.270 e. The highest BCUT2D eigenvalue weighted by atomic mass is 16.2. The van der Waals surface area contributed by atoms with E-state index in [1.807, 2.05) is 0 Å². The number of amides is 3. The molecule has 3 amide bonds. The van der Waals surface area contributed by atoms with Gasteiger partial charge in [0.1, 0.15) is 0 Å². The minimum absolute atomic E-state index is 0.139. The number of rotatable bonds is 1. The standard InChI is InChI=1S/C14H15N3O3/c1-14(5-6-16-7-14)13(20)17-11(18)8-3-2-4-9(15)10(8)12(17)19/h2-4,16H,5-7,15H2,1H3. The largest absolute Gasteiger partial charge is 0.398 e. The summed E-state index contributed by atoms with van der Waals surface area (Å²) >= 11 is 0. The molecule has 0 bridgehead atoms. The number of carbonyl (C=O) groups excluding carboxylic acids is 3. The summed E-state index contributed by atoms with van der Waals surface area (Å²) in [6.07, 6.45) is 0.606. The summed E-state index contributed by atoms with van der Waals surface area (Å²) in [6.45, 7) is 2.94. The van der Waals surface area contributed by atoms with Crippen molar-refractivity contribution in [3.63, 3.8) is 0 Å². The van der Waals surface area contributed by atoms with Crippen LogP contribution < -0.4 is 11.1 Å². The van der Waals surface area contributed by atoms with E-state index in [1.165, 1.54) is 6.07 Å². The predicted molar refractivity (Wildman–Crippen MR) is 72.0 cm³/mol. The first kappa shape index (κ1) is 12.8. The first-order valence-corrected chi connectivity index (χ1v) is 6.48. The molecule has 0 radical (unpaired) electrons. The summed E-state index contributed by atoms with van der Waals surface area (Å²) in [4.78, 5) is 38.0. The lowest BCUT2D eigenvalue weighted by molar-refractivity contribution is -0.134. The fourth-order valence-corrected chi connectivity index (χ4v) is 2.77. The van der Waals surface area contributed by atoms with Gasteiger partial charge in [-0.1, -0.05) is 6.07 Å². The Bertz CT molecular complexity index is 633. The van der Waals surface area contributed by atoms with E-state index in [0.29, 0.717) is 19.5 Å². The summed E-state index contributed by atoms with van der Waals surface area (Å²) in [6, 6.07) is 4.68. The lowest BCUT2D eigenvalue weighted by atomic mass is 9.88. The van der Waals surface area contributed by atoms with Gasteiger partial charge in [0.15, 0.2) is 0 Å². The number of fused-ring (bicyclic) bond motifs is 1. The smallest absolute Gasteiger partial charge is 0.270 e. The molecule has 3 N–H and O–H groups in total. The number of hydrogen-bond donors (Lipinski definition) is 2. The number of carbonyl (C=O) groups is 3. The van der Waals surface area contributed by atoms with Crippen molar-refractivity contribution in [1.29, 1.82) is 0 Å². The number of nitrogen functional groups attached to an aromatic ring is 1. The summed E-state index contributed by atoms with van der Waals surface area (Å²) in [5.41, 5.74) is 5.60. The molecule has 0 spiro atoms. The van der Waals surface area contributed by atoms with Gasteiger partial charge in [0.05, 0.1) is 16.5 Å². The fraction of sp³-hybridized carbons (Fsp3) is 0.357. The molecule has 1 aromatic rings. The van der Waals surface area contributed by atoms with Crippen molar-refractivity contribution in [1.82, 2.24) is 10.2 Å². The Balaban J connectivity index is 2.02. The molecule has 2 aliphatic heterocycles. The first-order valence-electron chi connectivity index (χ1n) is 6.48. The van der Waals surface area contributed by atoms with Crippen LogP contribution in [0.5, 0.6) is 0 Å². The molecule has 3 rings (SSSR count). The molecule has 2 aliphatic rings. The molecule has 1 aromatic carbocycles. The van der Waals surface area contributed by atoms with Crippen molar-refractivity contribution in [2.75, 3.05) is 18.8 Å². The molecule has 1 unspecified atom stereocenters. The highest BCUT2D eigenvalue weighted by molar-refractivity contribution is 6.31. The highest BCUT2D eigenvalue weighted by Gasteiger charge is 2.48. The second-order valence-electron chi connectivity index (χ2n) is 5.51. The van der Waals surface area contributed by atoms with Crippen LogP contribution in [-0.4, -0.2) is 35.7 Å². The van der Waals surface area contributed by atoms with Crippen LogP contribution in [0.4, 0.5) is 5.69 Å². The second kappa shape index (κ2) is 4.14. The van der Waals surface area contributed by atoms with Crippen molar-refractivity contribution in [3.8, 4) is 0 Å².